The zero-order chi connectivity index (χ0) is 22.6. The number of guanidine groups is 1. The van der Waals surface area contributed by atoms with E-state index in [4.69, 9.17) is 9.73 Å². The molecule has 186 valence electrons. The monoisotopic (exact) mass is 574 g/mol. The molecule has 33 heavy (non-hydrogen) atoms. The van der Waals surface area contributed by atoms with Gasteiger partial charge in [-0.15, -0.1) is 24.0 Å². The van der Waals surface area contributed by atoms with Crippen molar-refractivity contribution < 1.29 is 9.53 Å². The first kappa shape index (κ1) is 27.4. The fourth-order valence-electron chi connectivity index (χ4n) is 4.05. The van der Waals surface area contributed by atoms with Crippen LogP contribution in [0.5, 0.6) is 0 Å². The van der Waals surface area contributed by atoms with Crippen LogP contribution >= 0.6 is 24.0 Å². The summed E-state index contributed by atoms with van der Waals surface area (Å²) in [5.41, 5.74) is 0. The second-order valence-corrected chi connectivity index (χ2v) is 8.10. The summed E-state index contributed by atoms with van der Waals surface area (Å²) in [6.45, 7) is 12.4. The number of halogens is 1. The van der Waals surface area contributed by atoms with E-state index in [1.807, 2.05) is 13.0 Å². The molecule has 0 atom stereocenters. The van der Waals surface area contributed by atoms with Crippen molar-refractivity contribution in [2.24, 2.45) is 4.99 Å². The summed E-state index contributed by atoms with van der Waals surface area (Å²) in [4.78, 5) is 31.8. The van der Waals surface area contributed by atoms with Crippen LogP contribution in [-0.2, 0) is 4.74 Å². The van der Waals surface area contributed by atoms with Crippen LogP contribution in [0.2, 0.25) is 0 Å². The van der Waals surface area contributed by atoms with Crippen molar-refractivity contribution in [2.75, 3.05) is 70.4 Å². The molecule has 0 aromatic carbocycles. The van der Waals surface area contributed by atoms with Crippen molar-refractivity contribution in [3.63, 3.8) is 0 Å². The molecule has 3 rings (SSSR count). The SMILES string of the molecule is CCNC(=NCCCN1CCN(c2ncccn2)CC1)NC1CCN(C(=O)OCC)CC1.I. The van der Waals surface area contributed by atoms with Gasteiger partial charge in [0, 0.05) is 77.3 Å². The summed E-state index contributed by atoms with van der Waals surface area (Å²) in [6.07, 6.45) is 6.22. The topological polar surface area (TPSA) is 98.2 Å². The van der Waals surface area contributed by atoms with Gasteiger partial charge in [0.2, 0.25) is 5.95 Å². The maximum Gasteiger partial charge on any atom is 0.409 e. The predicted octanol–water partition coefficient (Wildman–Crippen LogP) is 1.78. The molecule has 2 N–H and O–H groups in total. The quantitative estimate of drug-likeness (QED) is 0.210. The molecule has 0 bridgehead atoms. The number of carbonyl (C=O) groups is 1. The highest BCUT2D eigenvalue weighted by molar-refractivity contribution is 14.0. The second kappa shape index (κ2) is 15.1. The summed E-state index contributed by atoms with van der Waals surface area (Å²) in [7, 11) is 0. The average molecular weight is 575 g/mol. The second-order valence-electron chi connectivity index (χ2n) is 8.10. The predicted molar refractivity (Wildman–Crippen MR) is 141 cm³/mol. The van der Waals surface area contributed by atoms with Gasteiger partial charge in [-0.25, -0.2) is 14.8 Å². The van der Waals surface area contributed by atoms with Crippen LogP contribution in [-0.4, -0.2) is 103 Å². The Morgan fingerprint density at radius 3 is 2.45 bits per heavy atom. The maximum absolute atomic E-state index is 11.9. The molecule has 0 unspecified atom stereocenters. The van der Waals surface area contributed by atoms with E-state index >= 15 is 0 Å². The fourth-order valence-corrected chi connectivity index (χ4v) is 4.05. The summed E-state index contributed by atoms with van der Waals surface area (Å²) in [5, 5.41) is 6.88. The molecule has 11 heteroatoms. The molecular formula is C22H39IN8O2. The molecule has 2 saturated heterocycles. The van der Waals surface area contributed by atoms with Gasteiger partial charge < -0.3 is 25.2 Å². The Labute approximate surface area is 214 Å². The smallest absolute Gasteiger partial charge is 0.409 e. The van der Waals surface area contributed by atoms with Crippen molar-refractivity contribution in [3.05, 3.63) is 18.5 Å². The summed E-state index contributed by atoms with van der Waals surface area (Å²) < 4.78 is 5.10. The normalized spacial score (nSPS) is 17.9. The van der Waals surface area contributed by atoms with E-state index in [9.17, 15) is 4.79 Å². The van der Waals surface area contributed by atoms with Crippen LogP contribution in [0.4, 0.5) is 10.7 Å². The summed E-state index contributed by atoms with van der Waals surface area (Å²) in [6, 6.07) is 2.18. The van der Waals surface area contributed by atoms with Crippen LogP contribution in [0.1, 0.15) is 33.1 Å². The number of nitrogens with zero attached hydrogens (tertiary/aromatic N) is 6. The van der Waals surface area contributed by atoms with Crippen LogP contribution in [0.15, 0.2) is 23.5 Å². The number of piperazine rings is 1. The summed E-state index contributed by atoms with van der Waals surface area (Å²) >= 11 is 0. The molecule has 1 aromatic heterocycles. The third-order valence-electron chi connectivity index (χ3n) is 5.82. The molecule has 2 fully saturated rings. The Balaban J connectivity index is 0.00000385. The van der Waals surface area contributed by atoms with Crippen molar-refractivity contribution >= 4 is 42.0 Å². The molecule has 1 amide bonds. The van der Waals surface area contributed by atoms with Gasteiger partial charge >= 0.3 is 6.09 Å². The number of piperidine rings is 1. The Morgan fingerprint density at radius 2 is 1.82 bits per heavy atom. The Morgan fingerprint density at radius 1 is 1.12 bits per heavy atom. The van der Waals surface area contributed by atoms with Crippen molar-refractivity contribution in [1.82, 2.24) is 30.4 Å². The molecule has 0 spiro atoms. The van der Waals surface area contributed by atoms with Crippen molar-refractivity contribution in [2.45, 2.75) is 39.2 Å². The third-order valence-corrected chi connectivity index (χ3v) is 5.82. The molecule has 1 aromatic rings. The molecule has 10 nitrogen and oxygen atoms in total. The third kappa shape index (κ3) is 9.11. The number of anilines is 1. The van der Waals surface area contributed by atoms with Gasteiger partial charge in [-0.1, -0.05) is 0 Å². The van der Waals surface area contributed by atoms with E-state index in [0.29, 0.717) is 12.6 Å². The highest BCUT2D eigenvalue weighted by Crippen LogP contribution is 2.12. The number of aromatic nitrogens is 2. The lowest BCUT2D eigenvalue weighted by Crippen LogP contribution is -2.50. The van der Waals surface area contributed by atoms with Crippen molar-refractivity contribution in [3.8, 4) is 0 Å². The van der Waals surface area contributed by atoms with Gasteiger partial charge in [-0.2, -0.15) is 0 Å². The van der Waals surface area contributed by atoms with Gasteiger partial charge in [0.1, 0.15) is 0 Å². The van der Waals surface area contributed by atoms with Gasteiger partial charge in [-0.3, -0.25) is 9.89 Å². The minimum atomic E-state index is -0.205. The van der Waals surface area contributed by atoms with Crippen LogP contribution < -0.4 is 15.5 Å². The molecule has 2 aliphatic heterocycles. The number of nitrogens with one attached hydrogen (secondary N) is 2. The number of hydrogen-bond donors (Lipinski definition) is 2. The van der Waals surface area contributed by atoms with E-state index < -0.39 is 0 Å². The largest absolute Gasteiger partial charge is 0.450 e. The lowest BCUT2D eigenvalue weighted by atomic mass is 10.1. The van der Waals surface area contributed by atoms with Gasteiger partial charge in [-0.05, 0) is 39.2 Å². The van der Waals surface area contributed by atoms with E-state index in [0.717, 1.165) is 90.1 Å². The first-order valence-electron chi connectivity index (χ1n) is 11.9. The number of likely N-dealkylation sites (tertiary alicyclic amines) is 1. The molecular weight excluding hydrogens is 535 g/mol. The molecule has 3 heterocycles. The van der Waals surface area contributed by atoms with E-state index in [1.165, 1.54) is 0 Å². The Bertz CT molecular complexity index is 708. The Kier molecular flexibility index (Phi) is 12.5. The number of carbonyl (C=O) groups excluding carboxylic acids is 1. The van der Waals surface area contributed by atoms with Crippen LogP contribution in [0.3, 0.4) is 0 Å². The average Bonchev–Trinajstić information content (AvgIpc) is 2.83. The van der Waals surface area contributed by atoms with E-state index in [1.54, 1.807) is 17.3 Å². The number of ether oxygens (including phenoxy) is 1. The van der Waals surface area contributed by atoms with Gasteiger partial charge in [0.15, 0.2) is 5.96 Å². The van der Waals surface area contributed by atoms with E-state index in [2.05, 4.69) is 37.3 Å². The minimum Gasteiger partial charge on any atom is -0.450 e. The standard InChI is InChI=1S/C22H38N8O2.HI/c1-3-23-20(27-19-7-13-30(14-8-19)22(31)32-4-2)24-11-6-12-28-15-17-29(18-16-28)21-25-9-5-10-26-21;/h5,9-10,19H,3-4,6-8,11-18H2,1-2H3,(H2,23,24,27);1H. The first-order valence-corrected chi connectivity index (χ1v) is 11.9. The number of amides is 1. The molecule has 2 aliphatic rings. The molecule has 0 radical (unpaired) electrons. The lowest BCUT2D eigenvalue weighted by molar-refractivity contribution is 0.0963. The minimum absolute atomic E-state index is 0. The highest BCUT2D eigenvalue weighted by atomic mass is 127. The van der Waals surface area contributed by atoms with Crippen LogP contribution in [0.25, 0.3) is 0 Å². The first-order chi connectivity index (χ1) is 15.7. The van der Waals surface area contributed by atoms with Crippen molar-refractivity contribution in [1.29, 1.82) is 0 Å². The zero-order valence-electron chi connectivity index (χ0n) is 19.9. The lowest BCUT2D eigenvalue weighted by Gasteiger charge is -2.34. The zero-order valence-corrected chi connectivity index (χ0v) is 22.2. The Hall–Kier alpha value is -1.89. The number of aliphatic imine (C=N–C) groups is 1. The van der Waals surface area contributed by atoms with E-state index in [-0.39, 0.29) is 30.1 Å². The number of rotatable bonds is 8. The molecule has 0 aliphatic carbocycles. The number of hydrogen-bond acceptors (Lipinski definition) is 7. The van der Waals surface area contributed by atoms with Crippen LogP contribution in [0, 0.1) is 0 Å². The highest BCUT2D eigenvalue weighted by Gasteiger charge is 2.24. The fraction of sp³-hybridized carbons (Fsp3) is 0.727. The van der Waals surface area contributed by atoms with Gasteiger partial charge in [0.05, 0.1) is 6.61 Å². The van der Waals surface area contributed by atoms with Gasteiger partial charge in [0.25, 0.3) is 0 Å². The molecule has 0 saturated carbocycles. The maximum atomic E-state index is 11.9. The summed E-state index contributed by atoms with van der Waals surface area (Å²) in [5.74, 6) is 1.69.